The van der Waals surface area contributed by atoms with Crippen LogP contribution in [0.15, 0.2) is 23.4 Å². The van der Waals surface area contributed by atoms with Gasteiger partial charge in [-0.3, -0.25) is 9.78 Å². The summed E-state index contributed by atoms with van der Waals surface area (Å²) < 4.78 is 5.40. The van der Waals surface area contributed by atoms with E-state index < -0.39 is 11.5 Å². The average molecular weight is 369 g/mol. The minimum Gasteiger partial charge on any atom is -0.443 e. The summed E-state index contributed by atoms with van der Waals surface area (Å²) in [6, 6.07) is 3.54. The summed E-state index contributed by atoms with van der Waals surface area (Å²) in [6.07, 6.45) is 0.983. The number of carbonyl (C=O) groups excluding carboxylic acids is 2. The Morgan fingerprint density at radius 2 is 2.00 bits per heavy atom. The molecule has 2 aliphatic heterocycles. The van der Waals surface area contributed by atoms with Crippen LogP contribution in [0, 0.1) is 16.7 Å². The van der Waals surface area contributed by atoms with E-state index in [1.165, 1.54) is 23.4 Å². The Kier molecular flexibility index (Phi) is 5.15. The van der Waals surface area contributed by atoms with Gasteiger partial charge in [0.2, 0.25) is 5.91 Å². The standard InChI is InChI=1S/C19H23N5O3/c1-19(2,3)17(25)23-15-4-12(5-20)6-22-16(15)11-27-18(26)24-9-13-7-21-8-14(13)10-24/h4,6,21H,7-11H2,1-3H3,(H,23,25). The number of anilines is 1. The maximum absolute atomic E-state index is 12.4. The van der Waals surface area contributed by atoms with Crippen LogP contribution in [0.1, 0.15) is 32.0 Å². The smallest absolute Gasteiger partial charge is 0.410 e. The van der Waals surface area contributed by atoms with Crippen molar-refractivity contribution >= 4 is 17.7 Å². The molecule has 27 heavy (non-hydrogen) atoms. The van der Waals surface area contributed by atoms with E-state index in [-0.39, 0.29) is 12.5 Å². The highest BCUT2D eigenvalue weighted by atomic mass is 16.6. The Labute approximate surface area is 158 Å². The molecule has 0 fully saturated rings. The fourth-order valence-electron chi connectivity index (χ4n) is 2.90. The molecule has 8 heteroatoms. The summed E-state index contributed by atoms with van der Waals surface area (Å²) in [5.41, 5.74) is 3.01. The van der Waals surface area contributed by atoms with E-state index in [2.05, 4.69) is 15.6 Å². The Morgan fingerprint density at radius 3 is 2.59 bits per heavy atom. The zero-order chi connectivity index (χ0) is 19.6. The fourth-order valence-corrected chi connectivity index (χ4v) is 2.90. The number of carbonyl (C=O) groups is 2. The molecule has 8 nitrogen and oxygen atoms in total. The molecule has 3 rings (SSSR count). The second-order valence-electron chi connectivity index (χ2n) is 7.76. The third-order valence-corrected chi connectivity index (χ3v) is 4.56. The number of nitriles is 1. The summed E-state index contributed by atoms with van der Waals surface area (Å²) in [5, 5.41) is 15.1. The van der Waals surface area contributed by atoms with E-state index in [1.807, 2.05) is 6.07 Å². The van der Waals surface area contributed by atoms with E-state index in [4.69, 9.17) is 10.00 Å². The first-order valence-electron chi connectivity index (χ1n) is 8.80. The van der Waals surface area contributed by atoms with Crippen molar-refractivity contribution in [3.05, 3.63) is 34.7 Å². The van der Waals surface area contributed by atoms with Crippen molar-refractivity contribution in [2.75, 3.05) is 31.5 Å². The number of hydrogen-bond acceptors (Lipinski definition) is 6. The highest BCUT2D eigenvalue weighted by Gasteiger charge is 2.29. The molecule has 2 aliphatic rings. The first-order valence-corrected chi connectivity index (χ1v) is 8.80. The molecule has 0 saturated carbocycles. The molecule has 0 aliphatic carbocycles. The van der Waals surface area contributed by atoms with Crippen molar-refractivity contribution < 1.29 is 14.3 Å². The first kappa shape index (κ1) is 18.9. The van der Waals surface area contributed by atoms with Crippen LogP contribution in [-0.2, 0) is 16.1 Å². The number of rotatable bonds is 3. The van der Waals surface area contributed by atoms with Crippen LogP contribution in [0.25, 0.3) is 0 Å². The van der Waals surface area contributed by atoms with Gasteiger partial charge in [-0.05, 0) is 17.2 Å². The largest absolute Gasteiger partial charge is 0.443 e. The molecule has 0 radical (unpaired) electrons. The van der Waals surface area contributed by atoms with Gasteiger partial charge in [-0.25, -0.2) is 4.79 Å². The summed E-state index contributed by atoms with van der Waals surface area (Å²) in [4.78, 5) is 30.5. The first-order chi connectivity index (χ1) is 12.8. The Hall–Kier alpha value is -2.92. The van der Waals surface area contributed by atoms with Crippen molar-refractivity contribution in [3.8, 4) is 6.07 Å². The normalized spacial score (nSPS) is 16.1. The molecule has 1 aromatic heterocycles. The van der Waals surface area contributed by atoms with Gasteiger partial charge in [-0.15, -0.1) is 0 Å². The molecule has 0 saturated heterocycles. The lowest BCUT2D eigenvalue weighted by Crippen LogP contribution is -2.33. The van der Waals surface area contributed by atoms with Crippen LogP contribution in [0.5, 0.6) is 0 Å². The lowest BCUT2D eigenvalue weighted by Gasteiger charge is -2.20. The van der Waals surface area contributed by atoms with E-state index in [0.29, 0.717) is 30.0 Å². The second kappa shape index (κ2) is 7.37. The molecule has 1 aromatic rings. The molecule has 0 aromatic carbocycles. The van der Waals surface area contributed by atoms with Gasteiger partial charge in [0, 0.05) is 37.8 Å². The lowest BCUT2D eigenvalue weighted by atomic mass is 9.95. The van der Waals surface area contributed by atoms with Gasteiger partial charge in [0.05, 0.1) is 11.3 Å². The molecule has 0 bridgehead atoms. The maximum Gasteiger partial charge on any atom is 0.410 e. The zero-order valence-electron chi connectivity index (χ0n) is 15.8. The second-order valence-corrected chi connectivity index (χ2v) is 7.76. The maximum atomic E-state index is 12.4. The number of ether oxygens (including phenoxy) is 1. The molecule has 142 valence electrons. The quantitative estimate of drug-likeness (QED) is 0.787. The molecule has 0 unspecified atom stereocenters. The molecule has 0 spiro atoms. The van der Waals surface area contributed by atoms with Crippen LogP contribution in [0.3, 0.4) is 0 Å². The predicted octanol–water partition coefficient (Wildman–Crippen LogP) is 1.79. The van der Waals surface area contributed by atoms with Gasteiger partial charge in [-0.1, -0.05) is 20.8 Å². The van der Waals surface area contributed by atoms with Gasteiger partial charge in [0.15, 0.2) is 0 Å². The van der Waals surface area contributed by atoms with Crippen molar-refractivity contribution in [2.45, 2.75) is 27.4 Å². The van der Waals surface area contributed by atoms with E-state index >= 15 is 0 Å². The number of pyridine rings is 1. The zero-order valence-corrected chi connectivity index (χ0v) is 15.8. The molecule has 2 amide bonds. The van der Waals surface area contributed by atoms with Crippen LogP contribution in [-0.4, -0.2) is 48.1 Å². The van der Waals surface area contributed by atoms with Crippen LogP contribution in [0.2, 0.25) is 0 Å². The molecular weight excluding hydrogens is 346 g/mol. The molecular formula is C19H23N5O3. The predicted molar refractivity (Wildman–Crippen MR) is 98.7 cm³/mol. The topological polar surface area (TPSA) is 107 Å². The number of nitrogens with zero attached hydrogens (tertiary/aromatic N) is 3. The minimum atomic E-state index is -0.605. The number of amides is 2. The van der Waals surface area contributed by atoms with Crippen molar-refractivity contribution in [3.63, 3.8) is 0 Å². The third kappa shape index (κ3) is 4.26. The summed E-state index contributed by atoms with van der Waals surface area (Å²) in [6.45, 7) is 8.08. The highest BCUT2D eigenvalue weighted by molar-refractivity contribution is 5.95. The summed E-state index contributed by atoms with van der Waals surface area (Å²) >= 11 is 0. The van der Waals surface area contributed by atoms with E-state index in [0.717, 1.165) is 13.1 Å². The Bertz CT molecular complexity index is 832. The number of nitrogens with one attached hydrogen (secondary N) is 2. The van der Waals surface area contributed by atoms with Gasteiger partial charge in [-0.2, -0.15) is 5.26 Å². The van der Waals surface area contributed by atoms with Gasteiger partial charge in [0.1, 0.15) is 18.4 Å². The Morgan fingerprint density at radius 1 is 1.33 bits per heavy atom. The van der Waals surface area contributed by atoms with Gasteiger partial charge < -0.3 is 20.3 Å². The van der Waals surface area contributed by atoms with Crippen LogP contribution >= 0.6 is 0 Å². The van der Waals surface area contributed by atoms with E-state index in [1.54, 1.807) is 25.7 Å². The van der Waals surface area contributed by atoms with Gasteiger partial charge >= 0.3 is 6.09 Å². The van der Waals surface area contributed by atoms with Crippen LogP contribution < -0.4 is 10.6 Å². The third-order valence-electron chi connectivity index (χ3n) is 4.56. The van der Waals surface area contributed by atoms with Crippen molar-refractivity contribution in [2.24, 2.45) is 5.41 Å². The van der Waals surface area contributed by atoms with Crippen molar-refractivity contribution in [1.82, 2.24) is 15.2 Å². The van der Waals surface area contributed by atoms with Crippen molar-refractivity contribution in [1.29, 1.82) is 5.26 Å². The summed E-state index contributed by atoms with van der Waals surface area (Å²) in [7, 11) is 0. The lowest BCUT2D eigenvalue weighted by molar-refractivity contribution is -0.123. The molecule has 3 heterocycles. The number of hydrogen-bond donors (Lipinski definition) is 2. The fraction of sp³-hybridized carbons (Fsp3) is 0.474. The van der Waals surface area contributed by atoms with E-state index in [9.17, 15) is 9.59 Å². The SMILES string of the molecule is CC(C)(C)C(=O)Nc1cc(C#N)cnc1COC(=O)N1CC2=C(CNC2)C1. The van der Waals surface area contributed by atoms with Crippen LogP contribution in [0.4, 0.5) is 10.5 Å². The Balaban J connectivity index is 1.66. The number of aromatic nitrogens is 1. The minimum absolute atomic E-state index is 0.0796. The summed E-state index contributed by atoms with van der Waals surface area (Å²) in [5.74, 6) is -0.209. The highest BCUT2D eigenvalue weighted by Crippen LogP contribution is 2.23. The monoisotopic (exact) mass is 369 g/mol. The molecule has 0 atom stereocenters. The molecule has 2 N–H and O–H groups in total. The average Bonchev–Trinajstić information content (AvgIpc) is 3.21. The van der Waals surface area contributed by atoms with Gasteiger partial charge in [0.25, 0.3) is 0 Å².